The SMILES string of the molecule is CC[C@@H](CO)Nc1nc(N)ncc1Oc1cc(Br)ncc1C(C)C. The van der Waals surface area contributed by atoms with Crippen LogP contribution in [0.2, 0.25) is 0 Å². The number of halogens is 1. The monoisotopic (exact) mass is 395 g/mol. The number of nitrogens with one attached hydrogen (secondary N) is 1. The minimum Gasteiger partial charge on any atom is -0.451 e. The molecule has 0 fully saturated rings. The quantitative estimate of drug-likeness (QED) is 0.617. The first-order valence-corrected chi connectivity index (χ1v) is 8.57. The van der Waals surface area contributed by atoms with Gasteiger partial charge >= 0.3 is 0 Å². The Morgan fingerprint density at radius 3 is 2.67 bits per heavy atom. The largest absolute Gasteiger partial charge is 0.451 e. The number of hydrogen-bond acceptors (Lipinski definition) is 7. The highest BCUT2D eigenvalue weighted by atomic mass is 79.9. The minimum absolute atomic E-state index is 0.0160. The average Bonchev–Trinajstić information content (AvgIpc) is 2.54. The molecular formula is C16H22BrN5O2. The van der Waals surface area contributed by atoms with Gasteiger partial charge in [0.25, 0.3) is 0 Å². The Bertz CT molecular complexity index is 692. The molecule has 0 spiro atoms. The van der Waals surface area contributed by atoms with Crippen molar-refractivity contribution < 1.29 is 9.84 Å². The Hall–Kier alpha value is -1.93. The summed E-state index contributed by atoms with van der Waals surface area (Å²) in [6.45, 7) is 6.08. The molecule has 0 radical (unpaired) electrons. The van der Waals surface area contributed by atoms with Gasteiger partial charge in [0.15, 0.2) is 11.6 Å². The highest BCUT2D eigenvalue weighted by Crippen LogP contribution is 2.34. The third-order valence-corrected chi connectivity index (χ3v) is 3.97. The zero-order chi connectivity index (χ0) is 17.7. The standard InChI is InChI=1S/C16H22BrN5O2/c1-4-10(8-23)21-15-13(7-20-16(18)22-15)24-12-5-14(17)19-6-11(12)9(2)3/h5-7,9-10,23H,4,8H2,1-3H3,(H3,18,20,21,22)/t10-/m0/s1. The van der Waals surface area contributed by atoms with Crippen LogP contribution in [0.15, 0.2) is 23.1 Å². The fraction of sp³-hybridized carbons (Fsp3) is 0.438. The van der Waals surface area contributed by atoms with Gasteiger partial charge in [-0.25, -0.2) is 9.97 Å². The molecule has 24 heavy (non-hydrogen) atoms. The van der Waals surface area contributed by atoms with E-state index in [0.717, 1.165) is 12.0 Å². The summed E-state index contributed by atoms with van der Waals surface area (Å²) in [5.74, 6) is 1.94. The summed E-state index contributed by atoms with van der Waals surface area (Å²) in [7, 11) is 0. The van der Waals surface area contributed by atoms with Gasteiger partial charge in [-0.3, -0.25) is 0 Å². The number of nitrogens with zero attached hydrogens (tertiary/aromatic N) is 3. The smallest absolute Gasteiger partial charge is 0.222 e. The second-order valence-corrected chi connectivity index (χ2v) is 6.49. The lowest BCUT2D eigenvalue weighted by molar-refractivity contribution is 0.271. The summed E-state index contributed by atoms with van der Waals surface area (Å²) in [5, 5.41) is 12.5. The van der Waals surface area contributed by atoms with Crippen molar-refractivity contribution >= 4 is 27.7 Å². The molecule has 1 atom stereocenters. The molecule has 0 saturated carbocycles. The van der Waals surface area contributed by atoms with Gasteiger partial charge in [-0.05, 0) is 28.3 Å². The molecule has 2 aromatic rings. The maximum absolute atomic E-state index is 9.40. The number of hydrogen-bond donors (Lipinski definition) is 3. The van der Waals surface area contributed by atoms with Crippen molar-refractivity contribution in [2.75, 3.05) is 17.7 Å². The molecule has 2 rings (SSSR count). The first kappa shape index (κ1) is 18.4. The fourth-order valence-electron chi connectivity index (χ4n) is 2.10. The van der Waals surface area contributed by atoms with Gasteiger partial charge in [-0.15, -0.1) is 0 Å². The fourth-order valence-corrected chi connectivity index (χ4v) is 2.41. The topological polar surface area (TPSA) is 106 Å². The normalized spacial score (nSPS) is 12.2. The number of rotatable bonds is 7. The lowest BCUT2D eigenvalue weighted by Gasteiger charge is -2.19. The highest BCUT2D eigenvalue weighted by Gasteiger charge is 2.16. The second kappa shape index (κ2) is 8.25. The summed E-state index contributed by atoms with van der Waals surface area (Å²) in [6, 6.07) is 1.66. The van der Waals surface area contributed by atoms with Crippen LogP contribution in [0.25, 0.3) is 0 Å². The van der Waals surface area contributed by atoms with Crippen molar-refractivity contribution in [3.8, 4) is 11.5 Å². The number of pyridine rings is 1. The Morgan fingerprint density at radius 2 is 2.04 bits per heavy atom. The number of aliphatic hydroxyl groups excluding tert-OH is 1. The molecule has 0 saturated heterocycles. The van der Waals surface area contributed by atoms with Crippen molar-refractivity contribution in [1.29, 1.82) is 0 Å². The lowest BCUT2D eigenvalue weighted by atomic mass is 10.1. The first-order valence-electron chi connectivity index (χ1n) is 7.77. The Balaban J connectivity index is 2.38. The lowest BCUT2D eigenvalue weighted by Crippen LogP contribution is -2.23. The van der Waals surface area contributed by atoms with E-state index in [1.54, 1.807) is 12.3 Å². The highest BCUT2D eigenvalue weighted by molar-refractivity contribution is 9.10. The second-order valence-electron chi connectivity index (χ2n) is 5.67. The maximum atomic E-state index is 9.40. The van der Waals surface area contributed by atoms with E-state index in [1.807, 2.05) is 6.92 Å². The molecule has 7 nitrogen and oxygen atoms in total. The Kier molecular flexibility index (Phi) is 6.33. The molecule has 130 valence electrons. The Morgan fingerprint density at radius 1 is 1.29 bits per heavy atom. The van der Waals surface area contributed by atoms with Gasteiger partial charge in [-0.2, -0.15) is 4.98 Å². The van der Waals surface area contributed by atoms with Crippen LogP contribution in [-0.4, -0.2) is 32.7 Å². The predicted octanol–water partition coefficient (Wildman–Crippen LogP) is 3.31. The third-order valence-electron chi connectivity index (χ3n) is 3.53. The summed E-state index contributed by atoms with van der Waals surface area (Å²) in [4.78, 5) is 12.4. The summed E-state index contributed by atoms with van der Waals surface area (Å²) >= 11 is 3.36. The van der Waals surface area contributed by atoms with E-state index < -0.39 is 0 Å². The van der Waals surface area contributed by atoms with Crippen LogP contribution >= 0.6 is 15.9 Å². The minimum atomic E-state index is -0.143. The summed E-state index contributed by atoms with van der Waals surface area (Å²) < 4.78 is 6.71. The van der Waals surface area contributed by atoms with Crippen molar-refractivity contribution in [3.05, 3.63) is 28.6 Å². The van der Waals surface area contributed by atoms with Crippen LogP contribution in [0, 0.1) is 0 Å². The molecule has 0 amide bonds. The van der Waals surface area contributed by atoms with Crippen molar-refractivity contribution in [2.45, 2.75) is 39.2 Å². The molecule has 0 aliphatic heterocycles. The molecule has 0 aliphatic carbocycles. The molecule has 0 aromatic carbocycles. The van der Waals surface area contributed by atoms with Crippen molar-refractivity contribution in [1.82, 2.24) is 15.0 Å². The van der Waals surface area contributed by atoms with E-state index in [9.17, 15) is 5.11 Å². The van der Waals surface area contributed by atoms with Crippen LogP contribution in [0.4, 0.5) is 11.8 Å². The number of ether oxygens (including phenoxy) is 1. The predicted molar refractivity (Wildman–Crippen MR) is 97.3 cm³/mol. The zero-order valence-corrected chi connectivity index (χ0v) is 15.5. The molecule has 8 heteroatoms. The van der Waals surface area contributed by atoms with Gasteiger partial charge in [0.05, 0.1) is 18.8 Å². The molecule has 4 N–H and O–H groups in total. The summed E-state index contributed by atoms with van der Waals surface area (Å²) in [6.07, 6.45) is 4.03. The molecule has 2 aromatic heterocycles. The van der Waals surface area contributed by atoms with Crippen LogP contribution in [0.3, 0.4) is 0 Å². The number of nitrogen functional groups attached to an aromatic ring is 1. The van der Waals surface area contributed by atoms with E-state index in [2.05, 4.69) is 50.0 Å². The van der Waals surface area contributed by atoms with Crippen LogP contribution in [0.5, 0.6) is 11.5 Å². The molecule has 0 aliphatic rings. The van der Waals surface area contributed by atoms with Crippen LogP contribution < -0.4 is 15.8 Å². The Labute approximate surface area is 149 Å². The molecule has 2 heterocycles. The van der Waals surface area contributed by atoms with E-state index in [4.69, 9.17) is 10.5 Å². The van der Waals surface area contributed by atoms with E-state index >= 15 is 0 Å². The van der Waals surface area contributed by atoms with E-state index in [0.29, 0.717) is 21.9 Å². The molecule has 0 bridgehead atoms. The molecular weight excluding hydrogens is 374 g/mol. The number of anilines is 2. The van der Waals surface area contributed by atoms with Gasteiger partial charge in [0.1, 0.15) is 10.4 Å². The van der Waals surface area contributed by atoms with Crippen LogP contribution in [0.1, 0.15) is 38.7 Å². The first-order chi connectivity index (χ1) is 11.4. The number of nitrogens with two attached hydrogens (primary N) is 1. The maximum Gasteiger partial charge on any atom is 0.222 e. The van der Waals surface area contributed by atoms with E-state index in [-0.39, 0.29) is 24.5 Å². The van der Waals surface area contributed by atoms with Crippen molar-refractivity contribution in [3.63, 3.8) is 0 Å². The van der Waals surface area contributed by atoms with Gasteiger partial charge < -0.3 is 20.9 Å². The number of aromatic nitrogens is 3. The van der Waals surface area contributed by atoms with E-state index in [1.165, 1.54) is 6.20 Å². The van der Waals surface area contributed by atoms with Crippen LogP contribution in [-0.2, 0) is 0 Å². The summed E-state index contributed by atoms with van der Waals surface area (Å²) in [5.41, 5.74) is 6.65. The van der Waals surface area contributed by atoms with Gasteiger partial charge in [0, 0.05) is 17.8 Å². The third kappa shape index (κ3) is 4.55. The van der Waals surface area contributed by atoms with Gasteiger partial charge in [-0.1, -0.05) is 20.8 Å². The average molecular weight is 396 g/mol. The zero-order valence-electron chi connectivity index (χ0n) is 14.0. The molecule has 0 unspecified atom stereocenters. The number of aliphatic hydroxyl groups is 1. The van der Waals surface area contributed by atoms with Gasteiger partial charge in [0.2, 0.25) is 5.95 Å². The van der Waals surface area contributed by atoms with Crippen molar-refractivity contribution in [2.24, 2.45) is 0 Å².